The van der Waals surface area contributed by atoms with E-state index in [2.05, 4.69) is 5.32 Å². The molecule has 2 amide bonds. The van der Waals surface area contributed by atoms with Crippen LogP contribution in [-0.2, 0) is 19.1 Å². The molecular formula is C25H28N2O7. The van der Waals surface area contributed by atoms with Crippen LogP contribution in [0.3, 0.4) is 0 Å². The summed E-state index contributed by atoms with van der Waals surface area (Å²) in [5.74, 6) is -1.98. The molecule has 3 unspecified atom stereocenters. The van der Waals surface area contributed by atoms with Gasteiger partial charge >= 0.3 is 12.1 Å². The summed E-state index contributed by atoms with van der Waals surface area (Å²) in [5.41, 5.74) is 4.26. The van der Waals surface area contributed by atoms with Crippen LogP contribution in [0.25, 0.3) is 11.1 Å². The summed E-state index contributed by atoms with van der Waals surface area (Å²) >= 11 is 0. The Morgan fingerprint density at radius 2 is 1.71 bits per heavy atom. The van der Waals surface area contributed by atoms with E-state index in [-0.39, 0.29) is 31.8 Å². The fourth-order valence-corrected chi connectivity index (χ4v) is 4.84. The molecule has 34 heavy (non-hydrogen) atoms. The van der Waals surface area contributed by atoms with Crippen LogP contribution in [-0.4, -0.2) is 78.1 Å². The van der Waals surface area contributed by atoms with Crippen LogP contribution in [0.1, 0.15) is 29.9 Å². The van der Waals surface area contributed by atoms with E-state index in [0.717, 1.165) is 22.3 Å². The number of carboxylic acids is 1. The van der Waals surface area contributed by atoms with Gasteiger partial charge < -0.3 is 29.9 Å². The summed E-state index contributed by atoms with van der Waals surface area (Å²) < 4.78 is 10.8. The number of hydrogen-bond donors (Lipinski definition) is 3. The van der Waals surface area contributed by atoms with Crippen LogP contribution < -0.4 is 5.32 Å². The Labute approximate surface area is 197 Å². The number of nitrogens with one attached hydrogen (secondary N) is 1. The molecule has 3 atom stereocenters. The minimum Gasteiger partial charge on any atom is -0.481 e. The van der Waals surface area contributed by atoms with Gasteiger partial charge in [0, 0.05) is 19.6 Å². The van der Waals surface area contributed by atoms with E-state index in [4.69, 9.17) is 9.47 Å². The number of hydrogen-bond acceptors (Lipinski definition) is 6. The lowest BCUT2D eigenvalue weighted by Gasteiger charge is -2.27. The van der Waals surface area contributed by atoms with Gasteiger partial charge in [0.2, 0.25) is 5.91 Å². The number of alkyl carbamates (subject to hydrolysis) is 1. The van der Waals surface area contributed by atoms with Crippen molar-refractivity contribution in [3.8, 4) is 11.1 Å². The molecule has 1 aliphatic heterocycles. The number of benzene rings is 2. The zero-order valence-corrected chi connectivity index (χ0v) is 18.8. The van der Waals surface area contributed by atoms with Gasteiger partial charge in [0.25, 0.3) is 0 Å². The van der Waals surface area contributed by atoms with Gasteiger partial charge in [-0.05, 0) is 28.7 Å². The summed E-state index contributed by atoms with van der Waals surface area (Å²) in [4.78, 5) is 38.4. The summed E-state index contributed by atoms with van der Waals surface area (Å²) in [5, 5.41) is 21.3. The molecule has 0 spiro atoms. The smallest absolute Gasteiger partial charge is 0.407 e. The lowest BCUT2D eigenvalue weighted by Crippen LogP contribution is -2.52. The average molecular weight is 469 g/mol. The number of likely N-dealkylation sites (tertiary alicyclic amines) is 1. The first-order chi connectivity index (χ1) is 16.4. The lowest BCUT2D eigenvalue weighted by molar-refractivity contribution is -0.143. The number of carboxylic acid groups (broad SMARTS) is 1. The van der Waals surface area contributed by atoms with Crippen molar-refractivity contribution >= 4 is 18.0 Å². The largest absolute Gasteiger partial charge is 0.481 e. The first kappa shape index (κ1) is 23.7. The predicted molar refractivity (Wildman–Crippen MR) is 122 cm³/mol. The highest BCUT2D eigenvalue weighted by Gasteiger charge is 2.39. The molecule has 9 nitrogen and oxygen atoms in total. The Morgan fingerprint density at radius 3 is 2.26 bits per heavy atom. The Balaban J connectivity index is 1.44. The molecule has 9 heteroatoms. The third-order valence-corrected chi connectivity index (χ3v) is 6.52. The van der Waals surface area contributed by atoms with E-state index in [9.17, 15) is 24.6 Å². The molecule has 2 aromatic rings. The molecule has 2 aromatic carbocycles. The highest BCUT2D eigenvalue weighted by Crippen LogP contribution is 2.44. The summed E-state index contributed by atoms with van der Waals surface area (Å²) in [7, 11) is 1.51. The van der Waals surface area contributed by atoms with Gasteiger partial charge in [-0.2, -0.15) is 0 Å². The Hall–Kier alpha value is -3.43. The minimum absolute atomic E-state index is 0.0442. The highest BCUT2D eigenvalue weighted by molar-refractivity contribution is 5.89. The number of amides is 2. The molecule has 0 radical (unpaired) electrons. The van der Waals surface area contributed by atoms with Gasteiger partial charge in [0.05, 0.1) is 25.2 Å². The maximum atomic E-state index is 13.1. The van der Waals surface area contributed by atoms with Crippen molar-refractivity contribution in [3.63, 3.8) is 0 Å². The number of methoxy groups -OCH3 is 1. The molecule has 4 rings (SSSR count). The molecule has 0 bridgehead atoms. The second-order valence-electron chi connectivity index (χ2n) is 8.54. The maximum absolute atomic E-state index is 13.1. The van der Waals surface area contributed by atoms with Crippen molar-refractivity contribution in [3.05, 3.63) is 59.7 Å². The SMILES string of the molecule is COC1CC(CO)N(C(=O)C(CC(=O)O)NC(=O)OCC2c3ccccc3-c3ccccc32)C1. The number of carbonyl (C=O) groups excluding carboxylic acids is 2. The topological polar surface area (TPSA) is 125 Å². The second-order valence-corrected chi connectivity index (χ2v) is 8.54. The quantitative estimate of drug-likeness (QED) is 0.541. The number of aliphatic hydroxyl groups is 1. The van der Waals surface area contributed by atoms with Crippen molar-refractivity contribution < 1.29 is 34.1 Å². The number of aliphatic hydroxyl groups excluding tert-OH is 1. The number of rotatable bonds is 8. The maximum Gasteiger partial charge on any atom is 0.407 e. The normalized spacial score (nSPS) is 19.9. The number of carbonyl (C=O) groups is 3. The molecule has 1 aliphatic carbocycles. The number of fused-ring (bicyclic) bond motifs is 3. The Kier molecular flexibility index (Phi) is 7.14. The van der Waals surface area contributed by atoms with Crippen molar-refractivity contribution in [2.45, 2.75) is 36.9 Å². The van der Waals surface area contributed by atoms with Gasteiger partial charge in [-0.25, -0.2) is 4.79 Å². The van der Waals surface area contributed by atoms with Gasteiger partial charge in [-0.1, -0.05) is 48.5 Å². The Bertz CT molecular complexity index is 1030. The van der Waals surface area contributed by atoms with Gasteiger partial charge in [-0.15, -0.1) is 0 Å². The van der Waals surface area contributed by atoms with E-state index >= 15 is 0 Å². The first-order valence-electron chi connectivity index (χ1n) is 11.2. The fourth-order valence-electron chi connectivity index (χ4n) is 4.84. The molecule has 0 aromatic heterocycles. The molecule has 0 saturated carbocycles. The molecule has 3 N–H and O–H groups in total. The van der Waals surface area contributed by atoms with Crippen LogP contribution in [0.2, 0.25) is 0 Å². The summed E-state index contributed by atoms with van der Waals surface area (Å²) in [6, 6.07) is 14.0. The van der Waals surface area contributed by atoms with Crippen LogP contribution in [0.5, 0.6) is 0 Å². The summed E-state index contributed by atoms with van der Waals surface area (Å²) in [6.45, 7) is -0.0258. The fraction of sp³-hybridized carbons (Fsp3) is 0.400. The van der Waals surface area contributed by atoms with Crippen LogP contribution in [0, 0.1) is 0 Å². The highest BCUT2D eigenvalue weighted by atomic mass is 16.5. The number of aliphatic carboxylic acids is 1. The lowest BCUT2D eigenvalue weighted by atomic mass is 9.98. The summed E-state index contributed by atoms with van der Waals surface area (Å²) in [6.07, 6.45) is -1.30. The molecular weight excluding hydrogens is 440 g/mol. The zero-order valence-electron chi connectivity index (χ0n) is 18.8. The average Bonchev–Trinajstić information content (AvgIpc) is 3.40. The van der Waals surface area contributed by atoms with Gasteiger partial charge in [0.1, 0.15) is 12.6 Å². The standard InChI is InChI=1S/C25H28N2O7/c1-33-16-10-15(13-28)27(12-16)24(31)22(11-23(29)30)26-25(32)34-14-21-19-8-4-2-6-17(19)18-7-3-5-9-20(18)21/h2-9,15-16,21-22,28H,10-14H2,1H3,(H,26,32)(H,29,30). The molecule has 2 aliphatic rings. The molecule has 1 heterocycles. The second kappa shape index (κ2) is 10.2. The monoisotopic (exact) mass is 468 g/mol. The van der Waals surface area contributed by atoms with Crippen molar-refractivity contribution in [1.29, 1.82) is 0 Å². The van der Waals surface area contributed by atoms with E-state index in [1.807, 2.05) is 48.5 Å². The Morgan fingerprint density at radius 1 is 1.09 bits per heavy atom. The number of nitrogens with zero attached hydrogens (tertiary/aromatic N) is 1. The molecule has 1 saturated heterocycles. The third kappa shape index (κ3) is 4.76. The molecule has 180 valence electrons. The zero-order chi connectivity index (χ0) is 24.2. The van der Waals surface area contributed by atoms with E-state index < -0.39 is 36.5 Å². The van der Waals surface area contributed by atoms with Crippen molar-refractivity contribution in [1.82, 2.24) is 10.2 Å². The van der Waals surface area contributed by atoms with Gasteiger partial charge in [-0.3, -0.25) is 9.59 Å². The molecule has 1 fully saturated rings. The number of ether oxygens (including phenoxy) is 2. The van der Waals surface area contributed by atoms with Crippen molar-refractivity contribution in [2.75, 3.05) is 26.9 Å². The van der Waals surface area contributed by atoms with Crippen LogP contribution >= 0.6 is 0 Å². The van der Waals surface area contributed by atoms with Crippen LogP contribution in [0.4, 0.5) is 4.79 Å². The van der Waals surface area contributed by atoms with E-state index in [0.29, 0.717) is 6.42 Å². The van der Waals surface area contributed by atoms with E-state index in [1.54, 1.807) is 0 Å². The van der Waals surface area contributed by atoms with E-state index in [1.165, 1.54) is 12.0 Å². The predicted octanol–water partition coefficient (Wildman–Crippen LogP) is 1.98. The third-order valence-electron chi connectivity index (χ3n) is 6.52. The first-order valence-corrected chi connectivity index (χ1v) is 11.2. The minimum atomic E-state index is -1.32. The van der Waals surface area contributed by atoms with Crippen LogP contribution in [0.15, 0.2) is 48.5 Å². The van der Waals surface area contributed by atoms with Crippen molar-refractivity contribution in [2.24, 2.45) is 0 Å². The van der Waals surface area contributed by atoms with Gasteiger partial charge in [0.15, 0.2) is 0 Å².